The van der Waals surface area contributed by atoms with Crippen LogP contribution in [0, 0.1) is 0 Å². The lowest BCUT2D eigenvalue weighted by atomic mass is 10.3. The van der Waals surface area contributed by atoms with Gasteiger partial charge >= 0.3 is 0 Å². The van der Waals surface area contributed by atoms with Gasteiger partial charge in [0, 0.05) is 17.1 Å². The first-order valence-electron chi connectivity index (χ1n) is 5.90. The molecule has 1 aromatic rings. The van der Waals surface area contributed by atoms with E-state index in [2.05, 4.69) is 21.2 Å². The standard InChI is InChI=1S/C13H20BrNO3/c1-9(2)15-7-11(16)8-18-12-5-4-10(14)6-13(12)17-3/h4-6,9,11,15-16H,7-8H2,1-3H3. The maximum absolute atomic E-state index is 9.74. The van der Waals surface area contributed by atoms with E-state index in [0.717, 1.165) is 4.47 Å². The summed E-state index contributed by atoms with van der Waals surface area (Å²) in [6.45, 7) is 4.81. The maximum atomic E-state index is 9.74. The molecular weight excluding hydrogens is 298 g/mol. The molecule has 0 saturated heterocycles. The van der Waals surface area contributed by atoms with Crippen molar-refractivity contribution in [3.8, 4) is 11.5 Å². The summed E-state index contributed by atoms with van der Waals surface area (Å²) in [7, 11) is 1.59. The van der Waals surface area contributed by atoms with Gasteiger partial charge in [-0.3, -0.25) is 0 Å². The number of hydrogen-bond acceptors (Lipinski definition) is 4. The fourth-order valence-corrected chi connectivity index (χ4v) is 1.72. The summed E-state index contributed by atoms with van der Waals surface area (Å²) >= 11 is 3.36. The van der Waals surface area contributed by atoms with Crippen LogP contribution in [0.3, 0.4) is 0 Å². The number of nitrogens with one attached hydrogen (secondary N) is 1. The molecule has 0 amide bonds. The largest absolute Gasteiger partial charge is 0.493 e. The van der Waals surface area contributed by atoms with Gasteiger partial charge in [0.1, 0.15) is 12.7 Å². The number of halogens is 1. The molecule has 102 valence electrons. The molecule has 1 aromatic carbocycles. The maximum Gasteiger partial charge on any atom is 0.161 e. The predicted molar refractivity (Wildman–Crippen MR) is 75.3 cm³/mol. The second kappa shape index (κ2) is 7.61. The first-order valence-corrected chi connectivity index (χ1v) is 6.70. The molecule has 0 spiro atoms. The quantitative estimate of drug-likeness (QED) is 0.809. The van der Waals surface area contributed by atoms with Gasteiger partial charge in [-0.2, -0.15) is 0 Å². The zero-order valence-electron chi connectivity index (χ0n) is 10.9. The van der Waals surface area contributed by atoms with E-state index < -0.39 is 6.10 Å². The van der Waals surface area contributed by atoms with E-state index in [1.165, 1.54) is 0 Å². The van der Waals surface area contributed by atoms with E-state index in [9.17, 15) is 5.11 Å². The Morgan fingerprint density at radius 2 is 2.06 bits per heavy atom. The third-order valence-electron chi connectivity index (χ3n) is 2.32. The van der Waals surface area contributed by atoms with Gasteiger partial charge in [-0.05, 0) is 18.2 Å². The smallest absolute Gasteiger partial charge is 0.161 e. The third kappa shape index (κ3) is 5.25. The second-order valence-corrected chi connectivity index (χ2v) is 5.24. The minimum atomic E-state index is -0.541. The van der Waals surface area contributed by atoms with Crippen molar-refractivity contribution in [2.45, 2.75) is 26.0 Å². The van der Waals surface area contributed by atoms with E-state index in [4.69, 9.17) is 9.47 Å². The monoisotopic (exact) mass is 317 g/mol. The van der Waals surface area contributed by atoms with Crippen molar-refractivity contribution in [3.05, 3.63) is 22.7 Å². The molecule has 0 heterocycles. The van der Waals surface area contributed by atoms with Crippen LogP contribution in [-0.4, -0.2) is 37.5 Å². The van der Waals surface area contributed by atoms with Crippen LogP contribution in [0.5, 0.6) is 11.5 Å². The topological polar surface area (TPSA) is 50.7 Å². The number of benzene rings is 1. The first-order chi connectivity index (χ1) is 8.52. The van der Waals surface area contributed by atoms with Gasteiger partial charge < -0.3 is 19.9 Å². The van der Waals surface area contributed by atoms with Gasteiger partial charge in [0.05, 0.1) is 7.11 Å². The summed E-state index contributed by atoms with van der Waals surface area (Å²) in [5.74, 6) is 1.28. The minimum absolute atomic E-state index is 0.234. The molecule has 0 radical (unpaired) electrons. The van der Waals surface area contributed by atoms with Crippen LogP contribution in [0.2, 0.25) is 0 Å². The number of aliphatic hydroxyl groups excluding tert-OH is 1. The Bertz CT molecular complexity index is 371. The van der Waals surface area contributed by atoms with Crippen molar-refractivity contribution in [3.63, 3.8) is 0 Å². The summed E-state index contributed by atoms with van der Waals surface area (Å²) in [6, 6.07) is 5.86. The average Bonchev–Trinajstić information content (AvgIpc) is 2.34. The van der Waals surface area contributed by atoms with E-state index in [0.29, 0.717) is 24.1 Å². The molecule has 0 saturated carbocycles. The Morgan fingerprint density at radius 3 is 2.67 bits per heavy atom. The van der Waals surface area contributed by atoms with Gasteiger partial charge in [-0.25, -0.2) is 0 Å². The zero-order valence-corrected chi connectivity index (χ0v) is 12.5. The molecule has 1 rings (SSSR count). The molecule has 4 nitrogen and oxygen atoms in total. The van der Waals surface area contributed by atoms with Gasteiger partial charge in [0.25, 0.3) is 0 Å². The predicted octanol–water partition coefficient (Wildman–Crippen LogP) is 2.20. The normalized spacial score (nSPS) is 12.6. The highest BCUT2D eigenvalue weighted by atomic mass is 79.9. The number of methoxy groups -OCH3 is 1. The molecule has 1 atom stereocenters. The first kappa shape index (κ1) is 15.3. The fourth-order valence-electron chi connectivity index (χ4n) is 1.38. The Labute approximate surface area is 116 Å². The summed E-state index contributed by atoms with van der Waals surface area (Å²) in [5.41, 5.74) is 0. The highest BCUT2D eigenvalue weighted by Crippen LogP contribution is 2.30. The number of ether oxygens (including phenoxy) is 2. The van der Waals surface area contributed by atoms with Crippen LogP contribution in [-0.2, 0) is 0 Å². The Hall–Kier alpha value is -0.780. The van der Waals surface area contributed by atoms with Gasteiger partial charge in [0.15, 0.2) is 11.5 Å². The van der Waals surface area contributed by atoms with Crippen LogP contribution in [0.15, 0.2) is 22.7 Å². The van der Waals surface area contributed by atoms with E-state index in [1.54, 1.807) is 7.11 Å². The van der Waals surface area contributed by atoms with Crippen molar-refractivity contribution in [2.75, 3.05) is 20.3 Å². The summed E-state index contributed by atoms with van der Waals surface area (Å²) in [6.07, 6.45) is -0.541. The number of hydrogen-bond donors (Lipinski definition) is 2. The molecule has 0 aliphatic heterocycles. The highest BCUT2D eigenvalue weighted by Gasteiger charge is 2.09. The van der Waals surface area contributed by atoms with Crippen LogP contribution < -0.4 is 14.8 Å². The van der Waals surface area contributed by atoms with Crippen molar-refractivity contribution in [2.24, 2.45) is 0 Å². The number of aliphatic hydroxyl groups is 1. The highest BCUT2D eigenvalue weighted by molar-refractivity contribution is 9.10. The number of rotatable bonds is 7. The van der Waals surface area contributed by atoms with Crippen molar-refractivity contribution >= 4 is 15.9 Å². The third-order valence-corrected chi connectivity index (χ3v) is 2.81. The lowest BCUT2D eigenvalue weighted by Gasteiger charge is -2.16. The van der Waals surface area contributed by atoms with E-state index in [-0.39, 0.29) is 6.61 Å². The van der Waals surface area contributed by atoms with Gasteiger partial charge in [-0.15, -0.1) is 0 Å². The zero-order chi connectivity index (χ0) is 13.5. The van der Waals surface area contributed by atoms with Crippen LogP contribution in [0.4, 0.5) is 0 Å². The van der Waals surface area contributed by atoms with Crippen molar-refractivity contribution < 1.29 is 14.6 Å². The molecule has 2 N–H and O–H groups in total. The summed E-state index contributed by atoms with van der Waals surface area (Å²) < 4.78 is 11.7. The van der Waals surface area contributed by atoms with Gasteiger partial charge in [0.2, 0.25) is 0 Å². The SMILES string of the molecule is COc1cc(Br)ccc1OCC(O)CNC(C)C. The molecule has 0 aliphatic carbocycles. The Kier molecular flexibility index (Phi) is 6.46. The molecular formula is C13H20BrNO3. The lowest BCUT2D eigenvalue weighted by molar-refractivity contribution is 0.103. The summed E-state index contributed by atoms with van der Waals surface area (Å²) in [5, 5.41) is 12.9. The molecule has 0 fully saturated rings. The van der Waals surface area contributed by atoms with Crippen molar-refractivity contribution in [1.82, 2.24) is 5.32 Å². The fraction of sp³-hybridized carbons (Fsp3) is 0.538. The van der Waals surface area contributed by atoms with Crippen LogP contribution >= 0.6 is 15.9 Å². The van der Waals surface area contributed by atoms with Crippen LogP contribution in [0.25, 0.3) is 0 Å². The van der Waals surface area contributed by atoms with Crippen LogP contribution in [0.1, 0.15) is 13.8 Å². The average molecular weight is 318 g/mol. The molecule has 0 aliphatic rings. The molecule has 1 unspecified atom stereocenters. The Balaban J connectivity index is 2.47. The van der Waals surface area contributed by atoms with Gasteiger partial charge in [-0.1, -0.05) is 29.8 Å². The minimum Gasteiger partial charge on any atom is -0.493 e. The lowest BCUT2D eigenvalue weighted by Crippen LogP contribution is -2.35. The molecule has 18 heavy (non-hydrogen) atoms. The van der Waals surface area contributed by atoms with E-state index in [1.807, 2.05) is 32.0 Å². The Morgan fingerprint density at radius 1 is 1.33 bits per heavy atom. The summed E-state index contributed by atoms with van der Waals surface area (Å²) in [4.78, 5) is 0. The second-order valence-electron chi connectivity index (χ2n) is 4.32. The molecule has 0 aromatic heterocycles. The van der Waals surface area contributed by atoms with Crippen molar-refractivity contribution in [1.29, 1.82) is 0 Å². The van der Waals surface area contributed by atoms with E-state index >= 15 is 0 Å². The molecule has 5 heteroatoms. The molecule has 0 bridgehead atoms.